The summed E-state index contributed by atoms with van der Waals surface area (Å²) in [6, 6.07) is 0. The van der Waals surface area contributed by atoms with Gasteiger partial charge in [0.25, 0.3) is 0 Å². The van der Waals surface area contributed by atoms with E-state index in [4.69, 9.17) is 9.16 Å². The lowest BCUT2D eigenvalue weighted by Gasteiger charge is -2.43. The van der Waals surface area contributed by atoms with E-state index in [-0.39, 0.29) is 6.10 Å². The number of rotatable bonds is 8. The Bertz CT molecular complexity index is 412. The van der Waals surface area contributed by atoms with Gasteiger partial charge in [-0.05, 0) is 29.5 Å². The Morgan fingerprint density at radius 3 is 2.12 bits per heavy atom. The molecule has 1 aliphatic rings. The lowest BCUT2D eigenvalue weighted by atomic mass is 10.0. The third-order valence-electron chi connectivity index (χ3n) is 5.48. The summed E-state index contributed by atoms with van der Waals surface area (Å²) >= 11 is 0. The quantitative estimate of drug-likeness (QED) is 0.497. The van der Waals surface area contributed by atoms with Crippen LogP contribution >= 0.6 is 0 Å². The molecule has 1 rings (SSSR count). The molecule has 0 aromatic rings. The van der Waals surface area contributed by atoms with E-state index in [0.717, 1.165) is 6.42 Å². The molecule has 0 radical (unpaired) electrons. The minimum atomic E-state index is -1.96. The zero-order valence-electron chi connectivity index (χ0n) is 16.8. The van der Waals surface area contributed by atoms with Crippen molar-refractivity contribution in [3.05, 3.63) is 24.8 Å². The molecule has 0 aromatic heterocycles. The monoisotopic (exact) mass is 370 g/mol. The lowest BCUT2D eigenvalue weighted by molar-refractivity contribution is -0.126. The molecule has 0 amide bonds. The molecule has 5 heteroatoms. The van der Waals surface area contributed by atoms with Crippen molar-refractivity contribution in [2.75, 3.05) is 6.61 Å². The second-order valence-electron chi connectivity index (χ2n) is 8.09. The molecule has 0 saturated carbocycles. The van der Waals surface area contributed by atoms with Gasteiger partial charge in [-0.25, -0.2) is 0 Å². The van der Waals surface area contributed by atoms with Gasteiger partial charge >= 0.3 is 0 Å². The number of hydrogen-bond donors (Lipinski definition) is 2. The second kappa shape index (κ2) is 10.0. The van der Waals surface area contributed by atoms with E-state index in [1.807, 2.05) is 12.2 Å². The van der Waals surface area contributed by atoms with Crippen molar-refractivity contribution < 1.29 is 19.4 Å². The Kier molecular flexibility index (Phi) is 9.05. The molecule has 1 heterocycles. The maximum atomic E-state index is 10.3. The molecule has 4 nitrogen and oxygen atoms in total. The highest BCUT2D eigenvalue weighted by Gasteiger charge is 2.45. The normalized spacial score (nSPS) is 28.0. The van der Waals surface area contributed by atoms with E-state index in [1.165, 1.54) is 6.08 Å². The molecular formula is C20H38O4Si. The van der Waals surface area contributed by atoms with Crippen molar-refractivity contribution in [1.82, 2.24) is 0 Å². The summed E-state index contributed by atoms with van der Waals surface area (Å²) in [5.74, 6) is 0. The Morgan fingerprint density at radius 2 is 1.64 bits per heavy atom. The molecule has 0 spiro atoms. The first-order chi connectivity index (χ1) is 11.7. The SMILES string of the molecule is C=C[C@H](O)[C@H]1O[C@H](CO[Si](C(C)C)(C(C)C)C(C)C)C/C=C\C[C@@H]1O. The summed E-state index contributed by atoms with van der Waals surface area (Å²) < 4.78 is 12.7. The van der Waals surface area contributed by atoms with Crippen LogP contribution in [0, 0.1) is 0 Å². The zero-order valence-corrected chi connectivity index (χ0v) is 17.8. The van der Waals surface area contributed by atoms with Crippen molar-refractivity contribution in [3.8, 4) is 0 Å². The van der Waals surface area contributed by atoms with Crippen LogP contribution in [-0.4, -0.2) is 49.6 Å². The first-order valence-electron chi connectivity index (χ1n) is 9.59. The van der Waals surface area contributed by atoms with Gasteiger partial charge in [0.15, 0.2) is 8.32 Å². The summed E-state index contributed by atoms with van der Waals surface area (Å²) in [6.07, 6.45) is 4.17. The molecule has 146 valence electrons. The van der Waals surface area contributed by atoms with Gasteiger partial charge in [0.1, 0.15) is 12.2 Å². The van der Waals surface area contributed by atoms with Crippen LogP contribution in [0.1, 0.15) is 54.4 Å². The number of aliphatic hydroxyl groups excluding tert-OH is 2. The highest BCUT2D eigenvalue weighted by molar-refractivity contribution is 6.77. The van der Waals surface area contributed by atoms with Crippen molar-refractivity contribution in [1.29, 1.82) is 0 Å². The van der Waals surface area contributed by atoms with Gasteiger partial charge in [0, 0.05) is 0 Å². The fourth-order valence-corrected chi connectivity index (χ4v) is 9.75. The van der Waals surface area contributed by atoms with Crippen LogP contribution in [0.5, 0.6) is 0 Å². The van der Waals surface area contributed by atoms with Crippen LogP contribution in [0.15, 0.2) is 24.8 Å². The standard InChI is InChI=1S/C20H38O4Si/c1-8-18(21)20-19(22)12-10-9-11-17(24-20)13-23-25(14(2)3,15(4)5)16(6)7/h8-10,14-22H,1,11-13H2,2-7H3/b10-9-/t17-,18-,19-,20+/m0/s1. The van der Waals surface area contributed by atoms with Gasteiger partial charge in [-0.1, -0.05) is 59.8 Å². The van der Waals surface area contributed by atoms with Crippen molar-refractivity contribution in [3.63, 3.8) is 0 Å². The molecule has 4 atom stereocenters. The topological polar surface area (TPSA) is 58.9 Å². The van der Waals surface area contributed by atoms with E-state index in [9.17, 15) is 10.2 Å². The zero-order chi connectivity index (χ0) is 19.2. The Balaban J connectivity index is 2.92. The molecule has 0 unspecified atom stereocenters. The molecule has 0 fully saturated rings. The van der Waals surface area contributed by atoms with Gasteiger partial charge < -0.3 is 19.4 Å². The summed E-state index contributed by atoms with van der Waals surface area (Å²) in [4.78, 5) is 0. The summed E-state index contributed by atoms with van der Waals surface area (Å²) in [5.41, 5.74) is 1.53. The predicted molar refractivity (Wildman–Crippen MR) is 106 cm³/mol. The Morgan fingerprint density at radius 1 is 1.12 bits per heavy atom. The predicted octanol–water partition coefficient (Wildman–Crippen LogP) is 4.19. The fourth-order valence-electron chi connectivity index (χ4n) is 4.27. The molecule has 0 aromatic carbocycles. The molecular weight excluding hydrogens is 332 g/mol. The first kappa shape index (κ1) is 22.6. The summed E-state index contributed by atoms with van der Waals surface area (Å²) in [7, 11) is -1.96. The maximum Gasteiger partial charge on any atom is 0.200 e. The van der Waals surface area contributed by atoms with Crippen LogP contribution in [0.25, 0.3) is 0 Å². The van der Waals surface area contributed by atoms with E-state index >= 15 is 0 Å². The minimum Gasteiger partial charge on any atom is -0.413 e. The lowest BCUT2D eigenvalue weighted by Crippen LogP contribution is -2.50. The van der Waals surface area contributed by atoms with Crippen molar-refractivity contribution in [2.45, 2.75) is 95.4 Å². The van der Waals surface area contributed by atoms with Crippen LogP contribution in [0.2, 0.25) is 16.6 Å². The second-order valence-corrected chi connectivity index (χ2v) is 13.5. The Hall–Kier alpha value is -0.463. The average Bonchev–Trinajstić information content (AvgIpc) is 2.52. The Labute approximate surface area is 155 Å². The van der Waals surface area contributed by atoms with Gasteiger partial charge in [0.05, 0.1) is 18.8 Å². The maximum absolute atomic E-state index is 10.3. The molecule has 2 N–H and O–H groups in total. The first-order valence-corrected chi connectivity index (χ1v) is 11.7. The number of aliphatic hydroxyl groups is 2. The van der Waals surface area contributed by atoms with Crippen molar-refractivity contribution >= 4 is 8.32 Å². The average molecular weight is 371 g/mol. The fraction of sp³-hybridized carbons (Fsp3) is 0.800. The molecule has 1 aliphatic heterocycles. The van der Waals surface area contributed by atoms with Crippen LogP contribution in [-0.2, 0) is 9.16 Å². The largest absolute Gasteiger partial charge is 0.413 e. The van der Waals surface area contributed by atoms with Crippen LogP contribution in [0.3, 0.4) is 0 Å². The molecule has 0 aliphatic carbocycles. The van der Waals surface area contributed by atoms with E-state index in [0.29, 0.717) is 29.7 Å². The minimum absolute atomic E-state index is 0.172. The third kappa shape index (κ3) is 5.50. The van der Waals surface area contributed by atoms with Gasteiger partial charge in [-0.15, -0.1) is 6.58 Å². The van der Waals surface area contributed by atoms with Crippen LogP contribution < -0.4 is 0 Å². The summed E-state index contributed by atoms with van der Waals surface area (Å²) in [5, 5.41) is 20.4. The van der Waals surface area contributed by atoms with E-state index in [1.54, 1.807) is 0 Å². The smallest absolute Gasteiger partial charge is 0.200 e. The van der Waals surface area contributed by atoms with Gasteiger partial charge in [-0.3, -0.25) is 0 Å². The highest BCUT2D eigenvalue weighted by Crippen LogP contribution is 2.42. The number of hydrogen-bond acceptors (Lipinski definition) is 4. The van der Waals surface area contributed by atoms with Crippen molar-refractivity contribution in [2.24, 2.45) is 0 Å². The highest BCUT2D eigenvalue weighted by atomic mass is 28.4. The van der Waals surface area contributed by atoms with E-state index in [2.05, 4.69) is 48.1 Å². The van der Waals surface area contributed by atoms with E-state index < -0.39 is 26.6 Å². The van der Waals surface area contributed by atoms with Gasteiger partial charge in [-0.2, -0.15) is 0 Å². The number of ether oxygens (including phenoxy) is 1. The molecule has 0 saturated heterocycles. The molecule has 0 bridgehead atoms. The van der Waals surface area contributed by atoms with Gasteiger partial charge in [0.2, 0.25) is 0 Å². The molecule has 25 heavy (non-hydrogen) atoms. The third-order valence-corrected chi connectivity index (χ3v) is 11.6. The van der Waals surface area contributed by atoms with Crippen LogP contribution in [0.4, 0.5) is 0 Å². The summed E-state index contributed by atoms with van der Waals surface area (Å²) in [6.45, 7) is 17.7.